The molecule has 0 amide bonds. The van der Waals surface area contributed by atoms with Gasteiger partial charge < -0.3 is 0 Å². The lowest BCUT2D eigenvalue weighted by atomic mass is 10.1. The summed E-state index contributed by atoms with van der Waals surface area (Å²) in [5.41, 5.74) is 2.88. The zero-order valence-electron chi connectivity index (χ0n) is 11.8. The summed E-state index contributed by atoms with van der Waals surface area (Å²) in [7, 11) is -3.66. The van der Waals surface area contributed by atoms with E-state index in [9.17, 15) is 8.42 Å². The predicted octanol–water partition coefficient (Wildman–Crippen LogP) is 2.83. The van der Waals surface area contributed by atoms with E-state index >= 15 is 0 Å². The Morgan fingerprint density at radius 2 is 1.95 bits per heavy atom. The van der Waals surface area contributed by atoms with Crippen LogP contribution in [0.3, 0.4) is 0 Å². The monoisotopic (exact) mass is 331 g/mol. The van der Waals surface area contributed by atoms with Crippen LogP contribution < -0.4 is 4.31 Å². The number of benzene rings is 2. The van der Waals surface area contributed by atoms with Crippen LogP contribution in [0.1, 0.15) is 12.5 Å². The number of nitrogens with zero attached hydrogens (tertiary/aromatic N) is 3. The maximum Gasteiger partial charge on any atom is 0.266 e. The van der Waals surface area contributed by atoms with E-state index in [0.717, 1.165) is 29.4 Å². The standard InChI is InChI=1S/C15H13N3O2S2/c1-10-9-11-5-2-3-7-13(11)18(10)22(19,20)14-8-4-6-12-15(14)17-21-16-12/h2-8,10H,9H2,1H3/t10-/m0/s1. The Labute approximate surface area is 132 Å². The zero-order valence-corrected chi connectivity index (χ0v) is 13.4. The van der Waals surface area contributed by atoms with Crippen molar-refractivity contribution in [2.24, 2.45) is 0 Å². The summed E-state index contributed by atoms with van der Waals surface area (Å²) in [6.45, 7) is 1.93. The van der Waals surface area contributed by atoms with Crippen molar-refractivity contribution in [3.05, 3.63) is 48.0 Å². The molecule has 5 nitrogen and oxygen atoms in total. The van der Waals surface area contributed by atoms with Crippen molar-refractivity contribution < 1.29 is 8.42 Å². The summed E-state index contributed by atoms with van der Waals surface area (Å²) in [4.78, 5) is 0.224. The minimum atomic E-state index is -3.66. The van der Waals surface area contributed by atoms with Crippen molar-refractivity contribution >= 4 is 38.5 Å². The largest absolute Gasteiger partial charge is 0.266 e. The minimum absolute atomic E-state index is 0.107. The molecule has 2 heterocycles. The molecule has 1 aliphatic heterocycles. The van der Waals surface area contributed by atoms with Gasteiger partial charge in [0.25, 0.3) is 10.0 Å². The summed E-state index contributed by atoms with van der Waals surface area (Å²) >= 11 is 1.03. The maximum absolute atomic E-state index is 13.2. The Kier molecular flexibility index (Phi) is 2.95. The molecule has 2 aromatic carbocycles. The van der Waals surface area contributed by atoms with Crippen LogP contribution in [0.5, 0.6) is 0 Å². The molecule has 22 heavy (non-hydrogen) atoms. The lowest BCUT2D eigenvalue weighted by Gasteiger charge is -2.24. The SMILES string of the molecule is C[C@H]1Cc2ccccc2N1S(=O)(=O)c1cccc2nsnc12. The summed E-state index contributed by atoms with van der Waals surface area (Å²) in [6, 6.07) is 12.6. The van der Waals surface area contributed by atoms with Gasteiger partial charge in [0.15, 0.2) is 0 Å². The van der Waals surface area contributed by atoms with Crippen molar-refractivity contribution in [2.45, 2.75) is 24.3 Å². The third-order valence-corrected chi connectivity index (χ3v) is 6.43. The normalized spacial score (nSPS) is 17.9. The number of hydrogen-bond acceptors (Lipinski definition) is 5. The molecule has 0 N–H and O–H groups in total. The van der Waals surface area contributed by atoms with E-state index in [4.69, 9.17) is 0 Å². The third kappa shape index (κ3) is 1.85. The van der Waals surface area contributed by atoms with Crippen LogP contribution in [0.15, 0.2) is 47.4 Å². The number of sulfonamides is 1. The van der Waals surface area contributed by atoms with Gasteiger partial charge in [0.1, 0.15) is 15.9 Å². The minimum Gasteiger partial charge on any atom is -0.263 e. The average molecular weight is 331 g/mol. The molecule has 0 fully saturated rings. The molecular formula is C15H13N3O2S2. The van der Waals surface area contributed by atoms with Crippen LogP contribution in [0, 0.1) is 0 Å². The predicted molar refractivity (Wildman–Crippen MR) is 86.7 cm³/mol. The first-order valence-electron chi connectivity index (χ1n) is 6.92. The van der Waals surface area contributed by atoms with Crippen molar-refractivity contribution in [1.29, 1.82) is 0 Å². The van der Waals surface area contributed by atoms with Gasteiger partial charge in [-0.25, -0.2) is 8.42 Å². The number of anilines is 1. The molecule has 1 atom stereocenters. The van der Waals surface area contributed by atoms with Gasteiger partial charge in [-0.15, -0.1) is 0 Å². The first-order chi connectivity index (χ1) is 10.6. The lowest BCUT2D eigenvalue weighted by molar-refractivity contribution is 0.585. The molecule has 0 bridgehead atoms. The van der Waals surface area contributed by atoms with Gasteiger partial charge in [-0.05, 0) is 37.1 Å². The molecule has 4 rings (SSSR count). The molecule has 1 aromatic heterocycles. The van der Waals surface area contributed by atoms with Crippen LogP contribution in [0.2, 0.25) is 0 Å². The van der Waals surface area contributed by atoms with Gasteiger partial charge in [0, 0.05) is 6.04 Å². The highest BCUT2D eigenvalue weighted by Gasteiger charge is 2.37. The number of hydrogen-bond donors (Lipinski definition) is 0. The Bertz CT molecular complexity index is 966. The fourth-order valence-electron chi connectivity index (χ4n) is 3.00. The van der Waals surface area contributed by atoms with Gasteiger partial charge in [-0.3, -0.25) is 4.31 Å². The van der Waals surface area contributed by atoms with Crippen LogP contribution in [0.4, 0.5) is 5.69 Å². The summed E-state index contributed by atoms with van der Waals surface area (Å²) < 4.78 is 36.2. The Morgan fingerprint density at radius 3 is 2.82 bits per heavy atom. The van der Waals surface area contributed by atoms with Crippen molar-refractivity contribution in [1.82, 2.24) is 8.75 Å². The van der Waals surface area contributed by atoms with E-state index in [1.165, 1.54) is 4.31 Å². The first kappa shape index (κ1) is 13.7. The molecule has 0 aliphatic carbocycles. The molecule has 3 aromatic rings. The smallest absolute Gasteiger partial charge is 0.263 e. The summed E-state index contributed by atoms with van der Waals surface area (Å²) in [5, 5.41) is 0. The van der Waals surface area contributed by atoms with E-state index in [0.29, 0.717) is 11.0 Å². The van der Waals surface area contributed by atoms with E-state index in [1.54, 1.807) is 18.2 Å². The molecule has 0 radical (unpaired) electrons. The van der Waals surface area contributed by atoms with Crippen LogP contribution in [-0.2, 0) is 16.4 Å². The van der Waals surface area contributed by atoms with Crippen LogP contribution >= 0.6 is 11.7 Å². The van der Waals surface area contributed by atoms with Gasteiger partial charge in [0.05, 0.1) is 17.4 Å². The van der Waals surface area contributed by atoms with E-state index in [-0.39, 0.29) is 10.9 Å². The highest BCUT2D eigenvalue weighted by Crippen LogP contribution is 2.37. The molecule has 0 unspecified atom stereocenters. The second kappa shape index (κ2) is 4.76. The van der Waals surface area contributed by atoms with Gasteiger partial charge in [0.2, 0.25) is 0 Å². The molecule has 0 spiro atoms. The fourth-order valence-corrected chi connectivity index (χ4v) is 5.45. The third-order valence-electron chi connectivity index (χ3n) is 3.93. The zero-order chi connectivity index (χ0) is 15.3. The summed E-state index contributed by atoms with van der Waals surface area (Å²) in [5.74, 6) is 0. The number of para-hydroxylation sites is 1. The lowest BCUT2D eigenvalue weighted by Crippen LogP contribution is -2.35. The van der Waals surface area contributed by atoms with Crippen molar-refractivity contribution in [2.75, 3.05) is 4.31 Å². The molecule has 0 saturated heterocycles. The Hall–Kier alpha value is -1.99. The molecule has 112 valence electrons. The van der Waals surface area contributed by atoms with E-state index < -0.39 is 10.0 Å². The van der Waals surface area contributed by atoms with E-state index in [1.807, 2.05) is 31.2 Å². The van der Waals surface area contributed by atoms with E-state index in [2.05, 4.69) is 8.75 Å². The van der Waals surface area contributed by atoms with Gasteiger partial charge in [-0.1, -0.05) is 24.3 Å². The van der Waals surface area contributed by atoms with Gasteiger partial charge in [-0.2, -0.15) is 8.75 Å². The van der Waals surface area contributed by atoms with Crippen LogP contribution in [0.25, 0.3) is 11.0 Å². The summed E-state index contributed by atoms with van der Waals surface area (Å²) in [6.07, 6.45) is 0.723. The van der Waals surface area contributed by atoms with Crippen molar-refractivity contribution in [3.8, 4) is 0 Å². The second-order valence-corrected chi connectivity index (χ2v) is 7.68. The molecule has 7 heteroatoms. The van der Waals surface area contributed by atoms with Crippen LogP contribution in [-0.4, -0.2) is 23.2 Å². The molecular weight excluding hydrogens is 318 g/mol. The number of fused-ring (bicyclic) bond motifs is 2. The highest BCUT2D eigenvalue weighted by atomic mass is 32.2. The quantitative estimate of drug-likeness (QED) is 0.724. The fraction of sp³-hybridized carbons (Fsp3) is 0.200. The number of aromatic nitrogens is 2. The molecule has 1 aliphatic rings. The molecule has 0 saturated carbocycles. The van der Waals surface area contributed by atoms with Gasteiger partial charge >= 0.3 is 0 Å². The van der Waals surface area contributed by atoms with Crippen molar-refractivity contribution in [3.63, 3.8) is 0 Å². The first-order valence-corrected chi connectivity index (χ1v) is 9.10. The Morgan fingerprint density at radius 1 is 1.14 bits per heavy atom. The maximum atomic E-state index is 13.2. The number of rotatable bonds is 2. The second-order valence-electron chi connectivity index (χ2n) is 5.37. The highest BCUT2D eigenvalue weighted by molar-refractivity contribution is 7.93. The topological polar surface area (TPSA) is 63.2 Å². The Balaban J connectivity index is 1.93. The average Bonchev–Trinajstić information content (AvgIpc) is 3.09.